The Morgan fingerprint density at radius 3 is 1.56 bits per heavy atom. The van der Waals surface area contributed by atoms with Crippen molar-refractivity contribution in [2.45, 2.75) is 260 Å². The second kappa shape index (κ2) is 41.9. The molecule has 1 aromatic rings. The molecule has 2 fully saturated rings. The van der Waals surface area contributed by atoms with E-state index in [-0.39, 0.29) is 50.0 Å². The van der Waals surface area contributed by atoms with Crippen molar-refractivity contribution in [3.8, 4) is 0 Å². The molecule has 0 bridgehead atoms. The van der Waals surface area contributed by atoms with Crippen molar-refractivity contribution in [3.05, 3.63) is 12.4 Å². The lowest BCUT2D eigenvalue weighted by Gasteiger charge is -2.40. The SMILES string of the molecule is CC[C@@H]1NC(=O)[C@H]([C@H](O)[C@H](C)CCCCCn2ccnn2)NC(=O)[C@H](C(C)C)N(C)C(=O)[C@H](CC(C)C)N(C)C(=O)[C@H](CC(C)C)N(C)C(=O)[C@@H](C)NC(=O)[C@H](C)NC(=O)[C@H](CC(C)C)N(C)C(=O)[C@H](C(C)C)NC(=O)[C@H]([C@@H](C)OCCCCN2CCOCC2)N(C)C(=O)[C@@H](C)N(C)C1=O. The maximum Gasteiger partial charge on any atom is 0.246 e. The molecule has 3 heterocycles. The lowest BCUT2D eigenvalue weighted by atomic mass is 9.91. The van der Waals surface area contributed by atoms with Gasteiger partial charge in [0.1, 0.15) is 66.5 Å². The number of nitrogens with zero attached hydrogens (tertiary/aromatic N) is 10. The molecule has 11 amide bonds. The number of aromatic nitrogens is 3. The van der Waals surface area contributed by atoms with Crippen LogP contribution in [0.3, 0.4) is 0 Å². The molecule has 0 unspecified atom stereocenters. The van der Waals surface area contributed by atoms with Crippen LogP contribution in [-0.2, 0) is 68.8 Å². The zero-order valence-electron chi connectivity index (χ0n) is 64.4. The van der Waals surface area contributed by atoms with Crippen LogP contribution in [0.2, 0.25) is 0 Å². The van der Waals surface area contributed by atoms with Crippen LogP contribution in [0.25, 0.3) is 0 Å². The van der Waals surface area contributed by atoms with Gasteiger partial charge >= 0.3 is 0 Å². The van der Waals surface area contributed by atoms with E-state index in [2.05, 4.69) is 41.8 Å². The van der Waals surface area contributed by atoms with Crippen molar-refractivity contribution in [2.24, 2.45) is 35.5 Å². The first-order chi connectivity index (χ1) is 46.8. The van der Waals surface area contributed by atoms with Gasteiger partial charge in [0, 0.05) is 74.7 Å². The van der Waals surface area contributed by atoms with Gasteiger partial charge < -0.3 is 70.6 Å². The first-order valence-corrected chi connectivity index (χ1v) is 36.4. The standard InChI is InChI=1S/C71H127N15O14/c1-23-52-68(95)79(17)50(15)67(94)84(22)59(51(16)100-36-28-27-31-85-34-37-99-38-35-85)65(92)76-56(45(8)9)71(98)80(18)53(39-42(2)3)62(89)73-48(13)61(88)74-49(14)66(93)81(19)54(40-43(4)5)69(96)82(20)55(41-44(6)7)70(97)83(21)58(46(10)11)64(91)77-57(63(90)75-52)60(87)47(12)29-25-24-26-32-86-33-30-72-78-86/h30,33,42-60,87H,23-29,31-32,34-41H2,1-22H3,(H,73,89)(H,74,88)(H,75,90)(H,76,92)(H,77,91)/t47-,48+,49-,50-,51-,52+,53+,54+,55+,56+,57+,58+,59+,60-/m1/s1. The first kappa shape index (κ1) is 87.4. The van der Waals surface area contributed by atoms with Gasteiger partial charge in [0.25, 0.3) is 0 Å². The van der Waals surface area contributed by atoms with Crippen LogP contribution in [0.5, 0.6) is 0 Å². The predicted molar refractivity (Wildman–Crippen MR) is 380 cm³/mol. The lowest BCUT2D eigenvalue weighted by molar-refractivity contribution is -0.154. The molecule has 2 aliphatic heterocycles. The summed E-state index contributed by atoms with van der Waals surface area (Å²) in [5, 5.41) is 34.1. The molecule has 0 aromatic carbocycles. The third-order valence-corrected chi connectivity index (χ3v) is 19.4. The van der Waals surface area contributed by atoms with E-state index >= 15 is 28.8 Å². The Hall–Kier alpha value is -6.85. The molecule has 14 atom stereocenters. The lowest BCUT2D eigenvalue weighted by Crippen LogP contribution is -2.64. The third-order valence-electron chi connectivity index (χ3n) is 19.4. The molecule has 0 saturated carbocycles. The van der Waals surface area contributed by atoms with E-state index in [1.165, 1.54) is 87.6 Å². The summed E-state index contributed by atoms with van der Waals surface area (Å²) < 4.78 is 13.6. The number of rotatable bonds is 24. The average molecular weight is 1410 g/mol. The summed E-state index contributed by atoms with van der Waals surface area (Å²) >= 11 is 0. The smallest absolute Gasteiger partial charge is 0.246 e. The molecule has 570 valence electrons. The number of likely N-dealkylation sites (N-methyl/N-ethyl adjacent to an activating group) is 6. The van der Waals surface area contributed by atoms with Gasteiger partial charge in [0.05, 0.1) is 31.6 Å². The highest BCUT2D eigenvalue weighted by Crippen LogP contribution is 2.25. The number of amides is 11. The van der Waals surface area contributed by atoms with E-state index < -0.39 is 161 Å². The Kier molecular flexibility index (Phi) is 36.6. The summed E-state index contributed by atoms with van der Waals surface area (Å²) in [6.07, 6.45) is 5.08. The van der Waals surface area contributed by atoms with Crippen LogP contribution in [0.4, 0.5) is 0 Å². The van der Waals surface area contributed by atoms with Gasteiger partial charge in [-0.3, -0.25) is 62.3 Å². The number of ether oxygens (including phenoxy) is 2. The van der Waals surface area contributed by atoms with Crippen LogP contribution in [-0.4, -0.2) is 280 Å². The van der Waals surface area contributed by atoms with E-state index in [0.717, 1.165) is 43.8 Å². The van der Waals surface area contributed by atoms with Gasteiger partial charge in [-0.1, -0.05) is 101 Å². The van der Waals surface area contributed by atoms with Gasteiger partial charge in [-0.25, -0.2) is 0 Å². The number of nitrogens with one attached hydrogen (secondary N) is 5. The van der Waals surface area contributed by atoms with Crippen molar-refractivity contribution in [1.82, 2.24) is 75.9 Å². The number of aliphatic hydroxyl groups excluding tert-OH is 1. The number of hydrogen-bond acceptors (Lipinski definition) is 17. The molecule has 2 aliphatic rings. The minimum absolute atomic E-state index is 0.0195. The maximum atomic E-state index is 15.2. The van der Waals surface area contributed by atoms with Gasteiger partial charge in [-0.15, -0.1) is 5.10 Å². The highest BCUT2D eigenvalue weighted by Gasteiger charge is 2.45. The summed E-state index contributed by atoms with van der Waals surface area (Å²) in [6.45, 7) is 31.9. The molecule has 29 nitrogen and oxygen atoms in total. The summed E-state index contributed by atoms with van der Waals surface area (Å²) in [6, 6.07) is -14.3. The number of aliphatic hydroxyl groups is 1. The maximum absolute atomic E-state index is 15.2. The highest BCUT2D eigenvalue weighted by molar-refractivity contribution is 6.00. The molecule has 2 saturated heterocycles. The Bertz CT molecular complexity index is 2800. The molecule has 3 rings (SSSR count). The minimum atomic E-state index is -1.70. The topological polar surface area (TPSA) is 340 Å². The van der Waals surface area contributed by atoms with Crippen LogP contribution in [0, 0.1) is 35.5 Å². The van der Waals surface area contributed by atoms with Gasteiger partial charge in [0.2, 0.25) is 65.0 Å². The molecule has 100 heavy (non-hydrogen) atoms. The van der Waals surface area contributed by atoms with Crippen LogP contribution < -0.4 is 26.6 Å². The molecule has 29 heteroatoms. The Morgan fingerprint density at radius 2 is 1.02 bits per heavy atom. The van der Waals surface area contributed by atoms with Gasteiger partial charge in [0.15, 0.2) is 0 Å². The van der Waals surface area contributed by atoms with E-state index in [1.54, 1.807) is 65.5 Å². The minimum Gasteiger partial charge on any atom is -0.390 e. The van der Waals surface area contributed by atoms with E-state index in [9.17, 15) is 29.1 Å². The van der Waals surface area contributed by atoms with Crippen molar-refractivity contribution in [2.75, 3.05) is 81.7 Å². The molecule has 0 radical (unpaired) electrons. The fourth-order valence-electron chi connectivity index (χ4n) is 12.9. The number of unbranched alkanes of at least 4 members (excludes halogenated alkanes) is 3. The number of carbonyl (C=O) groups is 11. The van der Waals surface area contributed by atoms with E-state index in [4.69, 9.17) is 9.47 Å². The number of morpholine rings is 1. The van der Waals surface area contributed by atoms with E-state index in [0.29, 0.717) is 39.0 Å². The fraction of sp³-hybridized carbons (Fsp3) is 0.817. The Balaban J connectivity index is 2.28. The quantitative estimate of drug-likeness (QED) is 0.0811. The summed E-state index contributed by atoms with van der Waals surface area (Å²) in [5.74, 6) is -10.2. The summed E-state index contributed by atoms with van der Waals surface area (Å²) in [5.41, 5.74) is 0. The van der Waals surface area contributed by atoms with Crippen LogP contribution >= 0.6 is 0 Å². The Labute approximate surface area is 595 Å². The van der Waals surface area contributed by atoms with Crippen molar-refractivity contribution in [1.29, 1.82) is 0 Å². The highest BCUT2D eigenvalue weighted by atomic mass is 16.5. The third kappa shape index (κ3) is 25.6. The van der Waals surface area contributed by atoms with Gasteiger partial charge in [-0.05, 0) is 121 Å². The largest absolute Gasteiger partial charge is 0.390 e. The first-order valence-electron chi connectivity index (χ1n) is 36.4. The zero-order valence-corrected chi connectivity index (χ0v) is 64.4. The van der Waals surface area contributed by atoms with Crippen LogP contribution in [0.1, 0.15) is 175 Å². The van der Waals surface area contributed by atoms with E-state index in [1.807, 2.05) is 41.5 Å². The van der Waals surface area contributed by atoms with Crippen molar-refractivity contribution >= 4 is 65.0 Å². The zero-order chi connectivity index (χ0) is 75.7. The monoisotopic (exact) mass is 1410 g/mol. The summed E-state index contributed by atoms with van der Waals surface area (Å²) in [7, 11) is 8.54. The fourth-order valence-corrected chi connectivity index (χ4v) is 12.9. The molecule has 6 N–H and O–H groups in total. The number of carbonyl (C=O) groups excluding carboxylic acids is 11. The van der Waals surface area contributed by atoms with Crippen molar-refractivity contribution < 1.29 is 67.3 Å². The predicted octanol–water partition coefficient (Wildman–Crippen LogP) is 2.67. The second-order valence-corrected chi connectivity index (χ2v) is 29.8. The Morgan fingerprint density at radius 1 is 0.510 bits per heavy atom. The average Bonchev–Trinajstić information content (AvgIpc) is 0.958. The molecule has 0 aliphatic carbocycles. The van der Waals surface area contributed by atoms with Crippen molar-refractivity contribution in [3.63, 3.8) is 0 Å². The van der Waals surface area contributed by atoms with Gasteiger partial charge in [-0.2, -0.15) is 0 Å². The molecule has 0 spiro atoms. The normalized spacial score (nSPS) is 26.6. The molecule has 1 aromatic heterocycles. The number of aryl methyl sites for hydroxylation is 1. The van der Waals surface area contributed by atoms with Crippen LogP contribution in [0.15, 0.2) is 12.4 Å². The number of hydrogen-bond donors (Lipinski definition) is 6. The summed E-state index contributed by atoms with van der Waals surface area (Å²) in [4.78, 5) is 173. The second-order valence-electron chi connectivity index (χ2n) is 29.8. The molecular formula is C71H127N15O14. The molecular weight excluding hydrogens is 1290 g/mol.